The summed E-state index contributed by atoms with van der Waals surface area (Å²) in [5.41, 5.74) is 0. The molecular formula is C15H31NO3S. The number of ether oxygens (including phenoxy) is 1. The zero-order valence-electron chi connectivity index (χ0n) is 13.6. The molecular weight excluding hydrogens is 274 g/mol. The maximum Gasteiger partial charge on any atom is 0.211 e. The summed E-state index contributed by atoms with van der Waals surface area (Å²) in [5.74, 6) is 2.96. The largest absolute Gasteiger partial charge is 0.381 e. The van der Waals surface area contributed by atoms with Crippen LogP contribution >= 0.6 is 0 Å². The van der Waals surface area contributed by atoms with Gasteiger partial charge in [-0.15, -0.1) is 0 Å². The van der Waals surface area contributed by atoms with E-state index in [0.717, 1.165) is 38.1 Å². The van der Waals surface area contributed by atoms with Gasteiger partial charge < -0.3 is 4.74 Å². The first-order valence-electron chi connectivity index (χ1n) is 7.74. The fourth-order valence-corrected chi connectivity index (χ4v) is 3.47. The van der Waals surface area contributed by atoms with Crippen molar-refractivity contribution in [2.24, 2.45) is 23.7 Å². The normalized spacial score (nSPS) is 22.6. The van der Waals surface area contributed by atoms with E-state index in [1.54, 1.807) is 0 Å². The highest BCUT2D eigenvalue weighted by molar-refractivity contribution is 7.88. The van der Waals surface area contributed by atoms with E-state index in [0.29, 0.717) is 11.8 Å². The van der Waals surface area contributed by atoms with Crippen molar-refractivity contribution in [2.75, 3.05) is 32.6 Å². The van der Waals surface area contributed by atoms with Crippen molar-refractivity contribution in [1.29, 1.82) is 0 Å². The number of hydrogen-bond acceptors (Lipinski definition) is 3. The van der Waals surface area contributed by atoms with Gasteiger partial charge in [-0.3, -0.25) is 0 Å². The van der Waals surface area contributed by atoms with Crippen molar-refractivity contribution in [3.05, 3.63) is 0 Å². The van der Waals surface area contributed by atoms with Gasteiger partial charge in [0.2, 0.25) is 10.0 Å². The Balaban J connectivity index is 0.000000204. The maximum atomic E-state index is 10.9. The molecule has 0 unspecified atom stereocenters. The molecule has 0 aliphatic carbocycles. The van der Waals surface area contributed by atoms with Crippen LogP contribution in [-0.4, -0.2) is 45.3 Å². The zero-order chi connectivity index (χ0) is 15.3. The minimum Gasteiger partial charge on any atom is -0.381 e. The molecule has 2 heterocycles. The summed E-state index contributed by atoms with van der Waals surface area (Å²) < 4.78 is 28.6. The number of hydrogen-bond donors (Lipinski definition) is 0. The third-order valence-electron chi connectivity index (χ3n) is 4.50. The summed E-state index contributed by atoms with van der Waals surface area (Å²) in [6, 6.07) is 0. The molecule has 0 saturated carbocycles. The van der Waals surface area contributed by atoms with Gasteiger partial charge in [0.05, 0.1) is 6.26 Å². The lowest BCUT2D eigenvalue weighted by Crippen LogP contribution is -2.51. The minimum atomic E-state index is -2.90. The van der Waals surface area contributed by atoms with Crippen LogP contribution in [0.15, 0.2) is 0 Å². The topological polar surface area (TPSA) is 46.6 Å². The Morgan fingerprint density at radius 2 is 1.40 bits per heavy atom. The molecule has 120 valence electrons. The Morgan fingerprint density at radius 3 is 1.70 bits per heavy atom. The highest BCUT2D eigenvalue weighted by atomic mass is 32.2. The number of sulfonamides is 1. The predicted molar refractivity (Wildman–Crippen MR) is 83.1 cm³/mol. The fourth-order valence-electron chi connectivity index (χ4n) is 2.54. The van der Waals surface area contributed by atoms with Crippen LogP contribution in [0, 0.1) is 23.7 Å². The van der Waals surface area contributed by atoms with E-state index >= 15 is 0 Å². The van der Waals surface area contributed by atoms with Crippen LogP contribution in [-0.2, 0) is 14.8 Å². The Hall–Kier alpha value is -0.130. The monoisotopic (exact) mass is 305 g/mol. The zero-order valence-corrected chi connectivity index (χ0v) is 14.4. The van der Waals surface area contributed by atoms with Gasteiger partial charge in [0.1, 0.15) is 0 Å². The first kappa shape index (κ1) is 17.9. The van der Waals surface area contributed by atoms with Gasteiger partial charge in [-0.1, -0.05) is 27.7 Å². The average molecular weight is 305 g/mol. The van der Waals surface area contributed by atoms with E-state index in [2.05, 4.69) is 27.7 Å². The quantitative estimate of drug-likeness (QED) is 0.805. The second kappa shape index (κ2) is 7.76. The van der Waals surface area contributed by atoms with Gasteiger partial charge in [-0.2, -0.15) is 0 Å². The lowest BCUT2D eigenvalue weighted by Gasteiger charge is -2.39. The molecule has 2 aliphatic rings. The predicted octanol–water partition coefficient (Wildman–Crippen LogP) is 2.60. The van der Waals surface area contributed by atoms with Gasteiger partial charge in [-0.05, 0) is 36.5 Å². The average Bonchev–Trinajstić information content (AvgIpc) is 2.26. The smallest absolute Gasteiger partial charge is 0.211 e. The highest BCUT2D eigenvalue weighted by Gasteiger charge is 2.34. The van der Waals surface area contributed by atoms with Gasteiger partial charge >= 0.3 is 0 Å². The van der Waals surface area contributed by atoms with Crippen LogP contribution in [0.4, 0.5) is 0 Å². The molecule has 0 radical (unpaired) electrons. The molecule has 0 atom stereocenters. The lowest BCUT2D eigenvalue weighted by atomic mass is 9.89. The van der Waals surface area contributed by atoms with Crippen molar-refractivity contribution in [3.8, 4) is 0 Å². The summed E-state index contributed by atoms with van der Waals surface area (Å²) in [6.07, 6.45) is 3.82. The Morgan fingerprint density at radius 1 is 0.950 bits per heavy atom. The molecule has 2 saturated heterocycles. The van der Waals surface area contributed by atoms with Crippen molar-refractivity contribution in [3.63, 3.8) is 0 Å². The molecule has 2 aliphatic heterocycles. The third-order valence-corrected chi connectivity index (χ3v) is 5.73. The number of nitrogens with zero attached hydrogens (tertiary/aromatic N) is 1. The Kier molecular flexibility index (Phi) is 6.95. The van der Waals surface area contributed by atoms with Crippen molar-refractivity contribution >= 4 is 10.0 Å². The van der Waals surface area contributed by atoms with Crippen molar-refractivity contribution in [1.82, 2.24) is 4.31 Å². The minimum absolute atomic E-state index is 0.574. The lowest BCUT2D eigenvalue weighted by molar-refractivity contribution is 0.0523. The summed E-state index contributed by atoms with van der Waals surface area (Å²) in [7, 11) is -2.90. The molecule has 20 heavy (non-hydrogen) atoms. The fraction of sp³-hybridized carbons (Fsp3) is 1.00. The van der Waals surface area contributed by atoms with Crippen LogP contribution in [0.2, 0.25) is 0 Å². The highest BCUT2D eigenvalue weighted by Crippen LogP contribution is 2.25. The van der Waals surface area contributed by atoms with Crippen LogP contribution in [0.3, 0.4) is 0 Å². The number of rotatable bonds is 3. The van der Waals surface area contributed by atoms with Crippen LogP contribution in [0.25, 0.3) is 0 Å². The summed E-state index contributed by atoms with van der Waals surface area (Å²) in [5, 5.41) is 0. The van der Waals surface area contributed by atoms with Crippen molar-refractivity contribution in [2.45, 2.75) is 40.5 Å². The van der Waals surface area contributed by atoms with E-state index in [9.17, 15) is 8.42 Å². The molecule has 4 nitrogen and oxygen atoms in total. The second-order valence-corrected chi connectivity index (χ2v) is 8.76. The molecule has 2 rings (SSSR count). The summed E-state index contributed by atoms with van der Waals surface area (Å²) in [4.78, 5) is 0. The van der Waals surface area contributed by atoms with E-state index in [1.807, 2.05) is 0 Å². The molecule has 2 fully saturated rings. The molecule has 0 aromatic heterocycles. The maximum absolute atomic E-state index is 10.9. The summed E-state index contributed by atoms with van der Waals surface area (Å²) in [6.45, 7) is 12.3. The van der Waals surface area contributed by atoms with Crippen LogP contribution < -0.4 is 0 Å². The molecule has 0 N–H and O–H groups in total. The Bertz CT molecular complexity index is 367. The van der Waals surface area contributed by atoms with Crippen LogP contribution in [0.5, 0.6) is 0 Å². The molecule has 0 aromatic rings. The standard InChI is InChI=1S/C8H16O.C7H15NO2S/c1-7(2)8-3-5-9-6-4-8;1-6(2)7-4-8(5-7)11(3,9)10/h7-8H,3-6H2,1-2H3;6-7H,4-5H2,1-3H3. The Labute approximate surface area is 124 Å². The third kappa shape index (κ3) is 5.70. The van der Waals surface area contributed by atoms with E-state index in [-0.39, 0.29) is 0 Å². The molecule has 0 spiro atoms. The van der Waals surface area contributed by atoms with E-state index in [1.165, 1.54) is 23.4 Å². The van der Waals surface area contributed by atoms with E-state index in [4.69, 9.17) is 4.74 Å². The molecule has 5 heteroatoms. The van der Waals surface area contributed by atoms with Gasteiger partial charge in [0.25, 0.3) is 0 Å². The molecule has 0 bridgehead atoms. The SMILES string of the molecule is CC(C)C1CCOCC1.CC(C)C1CN(S(C)(=O)=O)C1. The molecule has 0 aromatic carbocycles. The van der Waals surface area contributed by atoms with Crippen molar-refractivity contribution < 1.29 is 13.2 Å². The second-order valence-electron chi connectivity index (χ2n) is 6.78. The first-order valence-corrected chi connectivity index (χ1v) is 9.59. The molecule has 0 amide bonds. The van der Waals surface area contributed by atoms with E-state index < -0.39 is 10.0 Å². The van der Waals surface area contributed by atoms with Gasteiger partial charge in [0, 0.05) is 26.3 Å². The van der Waals surface area contributed by atoms with Gasteiger partial charge in [0.15, 0.2) is 0 Å². The first-order chi connectivity index (χ1) is 9.21. The van der Waals surface area contributed by atoms with Gasteiger partial charge in [-0.25, -0.2) is 12.7 Å². The summed E-state index contributed by atoms with van der Waals surface area (Å²) >= 11 is 0. The van der Waals surface area contributed by atoms with Crippen LogP contribution in [0.1, 0.15) is 40.5 Å².